The first-order valence-corrected chi connectivity index (χ1v) is 14.4. The minimum absolute atomic E-state index is 0.123. The molecule has 0 saturated carbocycles. The highest BCUT2D eigenvalue weighted by molar-refractivity contribution is 6.31. The lowest BCUT2D eigenvalue weighted by molar-refractivity contribution is -0.124. The predicted octanol–water partition coefficient (Wildman–Crippen LogP) is 4.49. The van der Waals surface area contributed by atoms with Crippen LogP contribution >= 0.6 is 23.2 Å². The van der Waals surface area contributed by atoms with Gasteiger partial charge in [0, 0.05) is 47.8 Å². The summed E-state index contributed by atoms with van der Waals surface area (Å²) in [6, 6.07) is 14.1. The Hall–Kier alpha value is -2.32. The van der Waals surface area contributed by atoms with Gasteiger partial charge in [0.15, 0.2) is 6.61 Å². The first-order valence-electron chi connectivity index (χ1n) is 13.6. The number of piperidine rings is 2. The third kappa shape index (κ3) is 6.45. The van der Waals surface area contributed by atoms with Gasteiger partial charge in [-0.1, -0.05) is 35.3 Å². The number of nitrogens with one attached hydrogen (secondary N) is 1. The molecule has 2 aromatic carbocycles. The van der Waals surface area contributed by atoms with Crippen LogP contribution in [0, 0.1) is 5.92 Å². The maximum absolute atomic E-state index is 13.3. The van der Waals surface area contributed by atoms with Gasteiger partial charge in [-0.15, -0.1) is 0 Å². The summed E-state index contributed by atoms with van der Waals surface area (Å²) < 4.78 is 5.88. The van der Waals surface area contributed by atoms with Crippen molar-refractivity contribution in [2.75, 3.05) is 26.2 Å². The van der Waals surface area contributed by atoms with Crippen LogP contribution in [0.15, 0.2) is 42.5 Å². The van der Waals surface area contributed by atoms with Gasteiger partial charge in [0.1, 0.15) is 5.75 Å². The molecule has 2 bridgehead atoms. The smallest absolute Gasteiger partial charge is 0.258 e. The number of halogens is 2. The van der Waals surface area contributed by atoms with Gasteiger partial charge >= 0.3 is 0 Å². The van der Waals surface area contributed by atoms with Crippen LogP contribution in [0.4, 0.5) is 0 Å². The lowest BCUT2D eigenvalue weighted by atomic mass is 9.96. The number of carbonyl (C=O) groups is 2. The van der Waals surface area contributed by atoms with Crippen molar-refractivity contribution in [1.82, 2.24) is 15.1 Å². The van der Waals surface area contributed by atoms with Crippen LogP contribution in [0.1, 0.15) is 54.4 Å². The maximum Gasteiger partial charge on any atom is 0.258 e. The number of amides is 2. The van der Waals surface area contributed by atoms with Gasteiger partial charge in [0.25, 0.3) is 11.8 Å². The fraction of sp³-hybridized carbons (Fsp3) is 0.517. The van der Waals surface area contributed by atoms with Crippen LogP contribution in [0.2, 0.25) is 10.0 Å². The summed E-state index contributed by atoms with van der Waals surface area (Å²) in [4.78, 5) is 30.5. The summed E-state index contributed by atoms with van der Waals surface area (Å²) in [7, 11) is 0. The summed E-state index contributed by atoms with van der Waals surface area (Å²) in [5.74, 6) is 0.373. The summed E-state index contributed by atoms with van der Waals surface area (Å²) in [5.41, 5.74) is 7.50. The van der Waals surface area contributed by atoms with Gasteiger partial charge in [0.2, 0.25) is 0 Å². The highest BCUT2D eigenvalue weighted by Crippen LogP contribution is 2.37. The van der Waals surface area contributed by atoms with Gasteiger partial charge in [0.05, 0.1) is 5.56 Å². The van der Waals surface area contributed by atoms with E-state index in [2.05, 4.69) is 22.3 Å². The predicted molar refractivity (Wildman–Crippen MR) is 150 cm³/mol. The van der Waals surface area contributed by atoms with Crippen molar-refractivity contribution in [2.24, 2.45) is 11.7 Å². The van der Waals surface area contributed by atoms with Crippen molar-refractivity contribution >= 4 is 35.0 Å². The van der Waals surface area contributed by atoms with Gasteiger partial charge in [-0.3, -0.25) is 14.5 Å². The van der Waals surface area contributed by atoms with E-state index in [4.69, 9.17) is 33.7 Å². The molecule has 3 aliphatic heterocycles. The number of ether oxygens (including phenoxy) is 1. The second kappa shape index (κ2) is 12.2. The molecule has 3 fully saturated rings. The summed E-state index contributed by atoms with van der Waals surface area (Å²) in [6.45, 7) is 2.63. The van der Waals surface area contributed by atoms with Crippen molar-refractivity contribution in [2.45, 2.75) is 63.2 Å². The Balaban J connectivity index is 1.15. The van der Waals surface area contributed by atoms with Crippen molar-refractivity contribution in [3.63, 3.8) is 0 Å². The van der Waals surface area contributed by atoms with E-state index in [1.54, 1.807) is 18.2 Å². The number of benzene rings is 2. The number of carbonyl (C=O) groups excluding carboxylic acids is 2. The van der Waals surface area contributed by atoms with Gasteiger partial charge in [-0.2, -0.15) is 0 Å². The Kier molecular flexibility index (Phi) is 8.78. The number of rotatable bonds is 8. The van der Waals surface area contributed by atoms with E-state index >= 15 is 0 Å². The van der Waals surface area contributed by atoms with E-state index in [9.17, 15) is 9.59 Å². The van der Waals surface area contributed by atoms with Crippen molar-refractivity contribution < 1.29 is 14.3 Å². The van der Waals surface area contributed by atoms with Crippen molar-refractivity contribution in [1.29, 1.82) is 0 Å². The molecule has 3 atom stereocenters. The second-order valence-electron chi connectivity index (χ2n) is 10.8. The molecule has 0 radical (unpaired) electrons. The Bertz CT molecular complexity index is 1130. The van der Waals surface area contributed by atoms with Crippen LogP contribution in [0.5, 0.6) is 5.75 Å². The highest BCUT2D eigenvalue weighted by Gasteiger charge is 2.41. The quantitative estimate of drug-likeness (QED) is 0.498. The molecule has 3 saturated heterocycles. The fourth-order valence-electron chi connectivity index (χ4n) is 6.27. The number of hydrogen-bond donors (Lipinski definition) is 2. The molecular formula is C29H36Cl2N4O3. The van der Waals surface area contributed by atoms with Gasteiger partial charge in [-0.05, 0) is 86.9 Å². The zero-order chi connectivity index (χ0) is 26.6. The molecule has 2 aromatic rings. The Labute approximate surface area is 234 Å². The summed E-state index contributed by atoms with van der Waals surface area (Å²) in [6.07, 6.45) is 6.11. The lowest BCUT2D eigenvalue weighted by Gasteiger charge is -2.39. The van der Waals surface area contributed by atoms with Gasteiger partial charge in [-0.25, -0.2) is 0 Å². The minimum Gasteiger partial charge on any atom is -0.483 e. The molecule has 3 heterocycles. The lowest BCUT2D eigenvalue weighted by Crippen LogP contribution is -2.50. The number of hydrogen-bond acceptors (Lipinski definition) is 5. The fourth-order valence-corrected chi connectivity index (χ4v) is 6.57. The maximum atomic E-state index is 13.3. The third-order valence-corrected chi connectivity index (χ3v) is 8.69. The molecule has 0 aromatic heterocycles. The van der Waals surface area contributed by atoms with Gasteiger partial charge < -0.3 is 20.7 Å². The Morgan fingerprint density at radius 1 is 1.00 bits per heavy atom. The molecule has 3 aliphatic rings. The van der Waals surface area contributed by atoms with E-state index < -0.39 is 0 Å². The van der Waals surface area contributed by atoms with Crippen LogP contribution in [0.25, 0.3) is 0 Å². The summed E-state index contributed by atoms with van der Waals surface area (Å²) in [5, 5.41) is 4.38. The molecule has 1 unspecified atom stereocenters. The first-order chi connectivity index (χ1) is 18.4. The number of nitrogens with zero attached hydrogens (tertiary/aromatic N) is 2. The molecule has 204 valence electrons. The molecule has 9 heteroatoms. The zero-order valence-electron chi connectivity index (χ0n) is 21.6. The Morgan fingerprint density at radius 3 is 2.42 bits per heavy atom. The standard InChI is InChI=1S/C29H36Cl2N4O3/c30-21-5-3-19(4-6-21)17-35-24-8-9-25(35)14-23(13-24)33-28(36)18-38-27-10-7-22(31)12-26(27)29(37)34-11-1-2-20(15-32)16-34/h3-7,10,12,20,23-25H,1-2,8-9,11,13-18,32H2,(H,33,36)/t20?,24-,25-/m1/s1. The van der Waals surface area contributed by atoms with Crippen LogP contribution in [-0.4, -0.2) is 66.0 Å². The monoisotopic (exact) mass is 558 g/mol. The summed E-state index contributed by atoms with van der Waals surface area (Å²) >= 11 is 12.3. The van der Waals surface area contributed by atoms with E-state index in [0.29, 0.717) is 54.0 Å². The molecule has 0 aliphatic carbocycles. The number of likely N-dealkylation sites (tertiary alicyclic amines) is 1. The topological polar surface area (TPSA) is 87.9 Å². The molecule has 5 rings (SSSR count). The van der Waals surface area contributed by atoms with Crippen LogP contribution < -0.4 is 15.8 Å². The number of fused-ring (bicyclic) bond motifs is 2. The van der Waals surface area contributed by atoms with Crippen LogP contribution in [0.3, 0.4) is 0 Å². The third-order valence-electron chi connectivity index (χ3n) is 8.20. The number of nitrogens with two attached hydrogens (primary N) is 1. The van der Waals surface area contributed by atoms with E-state index in [1.165, 1.54) is 5.56 Å². The van der Waals surface area contributed by atoms with E-state index in [-0.39, 0.29) is 24.5 Å². The highest BCUT2D eigenvalue weighted by atomic mass is 35.5. The zero-order valence-corrected chi connectivity index (χ0v) is 23.1. The molecule has 7 nitrogen and oxygen atoms in total. The molecule has 3 N–H and O–H groups in total. The van der Waals surface area contributed by atoms with E-state index in [0.717, 1.165) is 50.1 Å². The Morgan fingerprint density at radius 2 is 1.71 bits per heavy atom. The van der Waals surface area contributed by atoms with Crippen molar-refractivity contribution in [3.05, 3.63) is 63.6 Å². The second-order valence-corrected chi connectivity index (χ2v) is 11.7. The average molecular weight is 560 g/mol. The van der Waals surface area contributed by atoms with E-state index in [1.807, 2.05) is 17.0 Å². The van der Waals surface area contributed by atoms with Crippen LogP contribution in [-0.2, 0) is 11.3 Å². The first kappa shape index (κ1) is 27.3. The molecular weight excluding hydrogens is 523 g/mol. The molecule has 0 spiro atoms. The molecule has 2 amide bonds. The average Bonchev–Trinajstić information content (AvgIpc) is 3.15. The SMILES string of the molecule is NCC1CCCN(C(=O)c2cc(Cl)ccc2OCC(=O)NC2C[C@H]3CC[C@H](C2)N3Cc2ccc(Cl)cc2)C1. The molecule has 38 heavy (non-hydrogen) atoms. The normalized spacial score (nSPS) is 25.3. The minimum atomic E-state index is -0.171. The largest absolute Gasteiger partial charge is 0.483 e. The van der Waals surface area contributed by atoms with Crippen molar-refractivity contribution in [3.8, 4) is 5.75 Å².